The summed E-state index contributed by atoms with van der Waals surface area (Å²) < 4.78 is 0. The zero-order chi connectivity index (χ0) is 13.7. The summed E-state index contributed by atoms with van der Waals surface area (Å²) in [4.78, 5) is 26.0. The first kappa shape index (κ1) is 12.8. The summed E-state index contributed by atoms with van der Waals surface area (Å²) >= 11 is 0. The van der Waals surface area contributed by atoms with Crippen LogP contribution in [-0.4, -0.2) is 29.7 Å². The Morgan fingerprint density at radius 1 is 1.10 bits per heavy atom. The molecule has 3 nitrogen and oxygen atoms in total. The molecule has 1 aliphatic heterocycles. The van der Waals surface area contributed by atoms with Crippen LogP contribution in [0.25, 0.3) is 0 Å². The fraction of sp³-hybridized carbons (Fsp3) is 0.882. The molecule has 5 fully saturated rings. The molecule has 4 bridgehead atoms. The second-order valence-corrected chi connectivity index (χ2v) is 8.05. The van der Waals surface area contributed by atoms with Crippen molar-refractivity contribution in [3.05, 3.63) is 0 Å². The van der Waals surface area contributed by atoms with Crippen LogP contribution in [0.1, 0.15) is 57.8 Å². The Morgan fingerprint density at radius 2 is 1.70 bits per heavy atom. The quantitative estimate of drug-likeness (QED) is 0.777. The van der Waals surface area contributed by atoms with Gasteiger partial charge in [-0.25, -0.2) is 0 Å². The molecule has 0 radical (unpaired) electrons. The van der Waals surface area contributed by atoms with Gasteiger partial charge in [0.25, 0.3) is 0 Å². The van der Waals surface area contributed by atoms with E-state index in [0.717, 1.165) is 37.1 Å². The molecule has 0 aromatic heterocycles. The summed E-state index contributed by atoms with van der Waals surface area (Å²) in [6, 6.07) is 0. The van der Waals surface area contributed by atoms with Gasteiger partial charge in [-0.2, -0.15) is 0 Å². The molecule has 1 heterocycles. The van der Waals surface area contributed by atoms with Crippen molar-refractivity contribution in [2.45, 2.75) is 57.8 Å². The Bertz CT molecular complexity index is 407. The van der Waals surface area contributed by atoms with Crippen molar-refractivity contribution < 1.29 is 9.59 Å². The number of rotatable bonds is 2. The highest BCUT2D eigenvalue weighted by Crippen LogP contribution is 2.61. The Morgan fingerprint density at radius 3 is 2.25 bits per heavy atom. The lowest BCUT2D eigenvalue weighted by Gasteiger charge is -2.57. The Kier molecular flexibility index (Phi) is 2.94. The van der Waals surface area contributed by atoms with E-state index in [1.165, 1.54) is 38.5 Å². The van der Waals surface area contributed by atoms with Gasteiger partial charge in [0.2, 0.25) is 5.91 Å². The Balaban J connectivity index is 1.45. The van der Waals surface area contributed by atoms with Crippen molar-refractivity contribution in [2.75, 3.05) is 13.1 Å². The highest BCUT2D eigenvalue weighted by molar-refractivity contribution is 5.87. The molecule has 0 spiro atoms. The molecule has 110 valence electrons. The smallest absolute Gasteiger partial charge is 0.223 e. The van der Waals surface area contributed by atoms with E-state index >= 15 is 0 Å². The molecule has 0 atom stereocenters. The summed E-state index contributed by atoms with van der Waals surface area (Å²) in [7, 11) is 0. The molecule has 1 saturated heterocycles. The van der Waals surface area contributed by atoms with E-state index in [2.05, 4.69) is 0 Å². The summed E-state index contributed by atoms with van der Waals surface area (Å²) in [5, 5.41) is 0. The number of amides is 1. The first-order chi connectivity index (χ1) is 9.62. The minimum Gasteiger partial charge on any atom is -0.335 e. The molecular formula is C17H25NO2. The van der Waals surface area contributed by atoms with E-state index in [1.807, 2.05) is 4.90 Å². The number of piperidine rings is 1. The van der Waals surface area contributed by atoms with Crippen molar-refractivity contribution in [3.8, 4) is 0 Å². The largest absolute Gasteiger partial charge is 0.335 e. The van der Waals surface area contributed by atoms with Crippen LogP contribution in [0, 0.1) is 23.2 Å². The number of hydrogen-bond acceptors (Lipinski definition) is 2. The minimum atomic E-state index is 0.245. The average Bonchev–Trinajstić information content (AvgIpc) is 2.36. The minimum absolute atomic E-state index is 0.245. The maximum atomic E-state index is 12.6. The second-order valence-electron chi connectivity index (χ2n) is 8.05. The number of ketones is 1. The van der Waals surface area contributed by atoms with Crippen LogP contribution in [0.3, 0.4) is 0 Å². The molecular weight excluding hydrogens is 250 g/mol. The molecule has 20 heavy (non-hydrogen) atoms. The summed E-state index contributed by atoms with van der Waals surface area (Å²) in [6.45, 7) is 1.18. The lowest BCUT2D eigenvalue weighted by Crippen LogP contribution is -2.49. The third kappa shape index (κ3) is 2.19. The van der Waals surface area contributed by atoms with Crippen molar-refractivity contribution in [3.63, 3.8) is 0 Å². The Labute approximate surface area is 121 Å². The number of nitrogens with zero attached hydrogens (tertiary/aromatic N) is 1. The predicted octanol–water partition coefficient (Wildman–Crippen LogP) is 2.78. The normalized spacial score (nSPS) is 43.1. The van der Waals surface area contributed by atoms with E-state index < -0.39 is 0 Å². The maximum absolute atomic E-state index is 12.6. The highest BCUT2D eigenvalue weighted by atomic mass is 16.2. The molecule has 0 aromatic carbocycles. The van der Waals surface area contributed by atoms with Gasteiger partial charge < -0.3 is 4.90 Å². The zero-order valence-corrected chi connectivity index (χ0v) is 12.3. The van der Waals surface area contributed by atoms with Crippen LogP contribution < -0.4 is 0 Å². The van der Waals surface area contributed by atoms with Crippen molar-refractivity contribution in [2.24, 2.45) is 23.2 Å². The summed E-state index contributed by atoms with van der Waals surface area (Å²) in [6.07, 6.45) is 10.4. The molecule has 5 rings (SSSR count). The molecule has 4 aliphatic carbocycles. The molecule has 5 aliphatic rings. The van der Waals surface area contributed by atoms with Crippen LogP contribution in [0.4, 0.5) is 0 Å². The van der Waals surface area contributed by atoms with Gasteiger partial charge in [0, 0.05) is 19.4 Å². The van der Waals surface area contributed by atoms with Crippen molar-refractivity contribution in [1.82, 2.24) is 4.90 Å². The number of carbonyl (C=O) groups excluding carboxylic acids is 2. The van der Waals surface area contributed by atoms with Gasteiger partial charge in [-0.15, -0.1) is 0 Å². The fourth-order valence-corrected chi connectivity index (χ4v) is 5.99. The number of likely N-dealkylation sites (tertiary alicyclic amines) is 1. The lowest BCUT2D eigenvalue weighted by atomic mass is 9.49. The van der Waals surface area contributed by atoms with Gasteiger partial charge in [-0.1, -0.05) is 0 Å². The van der Waals surface area contributed by atoms with Crippen molar-refractivity contribution >= 4 is 11.7 Å². The highest BCUT2D eigenvalue weighted by Gasteiger charge is 2.51. The van der Waals surface area contributed by atoms with Crippen LogP contribution in [0.5, 0.6) is 0 Å². The van der Waals surface area contributed by atoms with Gasteiger partial charge in [0.15, 0.2) is 5.78 Å². The van der Waals surface area contributed by atoms with E-state index in [9.17, 15) is 9.59 Å². The monoisotopic (exact) mass is 275 g/mol. The fourth-order valence-electron chi connectivity index (χ4n) is 5.99. The van der Waals surface area contributed by atoms with Crippen LogP contribution in [0.2, 0.25) is 0 Å². The molecule has 0 aromatic rings. The molecule has 0 unspecified atom stereocenters. The molecule has 4 saturated carbocycles. The molecule has 3 heteroatoms. The van der Waals surface area contributed by atoms with Gasteiger partial charge in [-0.05, 0) is 68.1 Å². The van der Waals surface area contributed by atoms with E-state index in [0.29, 0.717) is 18.4 Å². The second kappa shape index (κ2) is 4.57. The third-order valence-electron chi connectivity index (χ3n) is 6.29. The van der Waals surface area contributed by atoms with Crippen LogP contribution >= 0.6 is 0 Å². The SMILES string of the molecule is O=C1CCCN(C(=O)CC23CC4CC(CC(C4)C2)C3)C1. The Hall–Kier alpha value is -0.860. The molecule has 0 N–H and O–H groups in total. The zero-order valence-electron chi connectivity index (χ0n) is 12.3. The number of hydrogen-bond donors (Lipinski definition) is 0. The van der Waals surface area contributed by atoms with Gasteiger partial charge in [-0.3, -0.25) is 9.59 Å². The van der Waals surface area contributed by atoms with E-state index in [-0.39, 0.29) is 11.7 Å². The summed E-state index contributed by atoms with van der Waals surface area (Å²) in [5.74, 6) is 3.21. The maximum Gasteiger partial charge on any atom is 0.223 e. The van der Waals surface area contributed by atoms with Gasteiger partial charge >= 0.3 is 0 Å². The topological polar surface area (TPSA) is 37.4 Å². The molecule has 1 amide bonds. The number of carbonyl (C=O) groups is 2. The van der Waals surface area contributed by atoms with Gasteiger partial charge in [0.05, 0.1) is 6.54 Å². The van der Waals surface area contributed by atoms with Crippen LogP contribution in [-0.2, 0) is 9.59 Å². The average molecular weight is 275 g/mol. The lowest BCUT2D eigenvalue weighted by molar-refractivity contribution is -0.144. The summed E-state index contributed by atoms with van der Waals surface area (Å²) in [5.41, 5.74) is 0.312. The van der Waals surface area contributed by atoms with Crippen molar-refractivity contribution in [1.29, 1.82) is 0 Å². The number of Topliss-reactive ketones (excluding diaryl/α,β-unsaturated/α-hetero) is 1. The predicted molar refractivity (Wildman–Crippen MR) is 76.0 cm³/mol. The van der Waals surface area contributed by atoms with E-state index in [1.54, 1.807) is 0 Å². The first-order valence-electron chi connectivity index (χ1n) is 8.41. The standard InChI is InChI=1S/C17H25NO2/c19-15-2-1-3-18(11-15)16(20)10-17-7-12-4-13(8-17)6-14(5-12)9-17/h12-14H,1-11H2. The van der Waals surface area contributed by atoms with E-state index in [4.69, 9.17) is 0 Å². The first-order valence-corrected chi connectivity index (χ1v) is 8.41. The van der Waals surface area contributed by atoms with Crippen LogP contribution in [0.15, 0.2) is 0 Å². The third-order valence-corrected chi connectivity index (χ3v) is 6.29. The van der Waals surface area contributed by atoms with Gasteiger partial charge in [0.1, 0.15) is 0 Å².